The van der Waals surface area contributed by atoms with Crippen molar-refractivity contribution in [3.05, 3.63) is 5.69 Å². The summed E-state index contributed by atoms with van der Waals surface area (Å²) in [5, 5.41) is 14.5. The summed E-state index contributed by atoms with van der Waals surface area (Å²) in [5.74, 6) is 0. The lowest BCUT2D eigenvalue weighted by Crippen LogP contribution is -2.44. The van der Waals surface area contributed by atoms with Crippen LogP contribution in [0.25, 0.3) is 0 Å². The SMILES string of the molecule is Nc1snnc1CN1C2CCC1CC(O)C2. The quantitative estimate of drug-likeness (QED) is 0.792. The van der Waals surface area contributed by atoms with Crippen molar-refractivity contribution in [3.63, 3.8) is 0 Å². The predicted octanol–water partition coefficient (Wildman–Crippen LogP) is 0.608. The molecule has 0 aliphatic carbocycles. The Morgan fingerprint density at radius 1 is 1.38 bits per heavy atom. The van der Waals surface area contributed by atoms with Crippen LogP contribution in [0.2, 0.25) is 0 Å². The van der Waals surface area contributed by atoms with Crippen LogP contribution in [0.1, 0.15) is 31.4 Å². The van der Waals surface area contributed by atoms with E-state index in [1.54, 1.807) is 0 Å². The van der Waals surface area contributed by atoms with Crippen LogP contribution in [0.15, 0.2) is 0 Å². The Labute approximate surface area is 98.4 Å². The van der Waals surface area contributed by atoms with E-state index in [0.717, 1.165) is 30.1 Å². The number of nitrogens with zero attached hydrogens (tertiary/aromatic N) is 3. The summed E-state index contributed by atoms with van der Waals surface area (Å²) >= 11 is 1.26. The zero-order valence-corrected chi connectivity index (χ0v) is 9.86. The summed E-state index contributed by atoms with van der Waals surface area (Å²) in [5.41, 5.74) is 6.71. The Balaban J connectivity index is 1.75. The largest absolute Gasteiger partial charge is 0.393 e. The van der Waals surface area contributed by atoms with Gasteiger partial charge in [0.15, 0.2) is 0 Å². The molecule has 3 rings (SSSR count). The maximum Gasteiger partial charge on any atom is 0.132 e. The van der Waals surface area contributed by atoms with Crippen molar-refractivity contribution >= 4 is 16.5 Å². The molecule has 3 N–H and O–H groups in total. The van der Waals surface area contributed by atoms with Gasteiger partial charge < -0.3 is 10.8 Å². The van der Waals surface area contributed by atoms with Gasteiger partial charge in [0.2, 0.25) is 0 Å². The van der Waals surface area contributed by atoms with Gasteiger partial charge in [-0.05, 0) is 25.7 Å². The van der Waals surface area contributed by atoms with Crippen LogP contribution >= 0.6 is 11.5 Å². The molecule has 6 heteroatoms. The minimum Gasteiger partial charge on any atom is -0.393 e. The van der Waals surface area contributed by atoms with Gasteiger partial charge in [0, 0.05) is 30.2 Å². The summed E-state index contributed by atoms with van der Waals surface area (Å²) in [6.45, 7) is 0.796. The molecule has 16 heavy (non-hydrogen) atoms. The molecule has 2 bridgehead atoms. The maximum absolute atomic E-state index is 9.71. The van der Waals surface area contributed by atoms with Crippen molar-refractivity contribution in [1.82, 2.24) is 14.5 Å². The second kappa shape index (κ2) is 3.94. The van der Waals surface area contributed by atoms with Gasteiger partial charge in [0.25, 0.3) is 0 Å². The minimum absolute atomic E-state index is 0.111. The number of aliphatic hydroxyl groups is 1. The molecule has 2 unspecified atom stereocenters. The molecule has 2 aliphatic rings. The van der Waals surface area contributed by atoms with Crippen molar-refractivity contribution in [2.45, 2.75) is 50.4 Å². The summed E-state index contributed by atoms with van der Waals surface area (Å²) in [4.78, 5) is 2.44. The van der Waals surface area contributed by atoms with E-state index >= 15 is 0 Å². The molecular formula is C10H16N4OS. The number of anilines is 1. The molecule has 88 valence electrons. The van der Waals surface area contributed by atoms with Crippen LogP contribution in [0.3, 0.4) is 0 Å². The normalized spacial score (nSPS) is 34.4. The average molecular weight is 240 g/mol. The Morgan fingerprint density at radius 3 is 2.62 bits per heavy atom. The molecule has 1 aromatic heterocycles. The predicted molar refractivity (Wildman–Crippen MR) is 61.9 cm³/mol. The number of aromatic nitrogens is 2. The third-order valence-corrected chi connectivity index (χ3v) is 4.37. The first-order chi connectivity index (χ1) is 7.74. The fraction of sp³-hybridized carbons (Fsp3) is 0.800. The van der Waals surface area contributed by atoms with E-state index in [0.29, 0.717) is 12.1 Å². The highest BCUT2D eigenvalue weighted by molar-refractivity contribution is 7.09. The lowest BCUT2D eigenvalue weighted by Gasteiger charge is -2.36. The molecule has 0 amide bonds. The Morgan fingerprint density at radius 2 is 2.06 bits per heavy atom. The number of nitrogens with two attached hydrogens (primary N) is 1. The summed E-state index contributed by atoms with van der Waals surface area (Å²) in [6.07, 6.45) is 4.07. The zero-order chi connectivity index (χ0) is 11.1. The number of rotatable bonds is 2. The van der Waals surface area contributed by atoms with E-state index < -0.39 is 0 Å². The van der Waals surface area contributed by atoms with Gasteiger partial charge in [-0.25, -0.2) is 0 Å². The highest BCUT2D eigenvalue weighted by atomic mass is 32.1. The molecule has 2 aliphatic heterocycles. The van der Waals surface area contributed by atoms with E-state index in [2.05, 4.69) is 14.5 Å². The molecular weight excluding hydrogens is 224 g/mol. The molecule has 5 nitrogen and oxygen atoms in total. The molecule has 2 fully saturated rings. The van der Waals surface area contributed by atoms with Crippen molar-refractivity contribution < 1.29 is 5.11 Å². The molecule has 3 heterocycles. The third-order valence-electron chi connectivity index (χ3n) is 3.78. The summed E-state index contributed by atoms with van der Waals surface area (Å²) in [7, 11) is 0. The number of hydrogen-bond donors (Lipinski definition) is 2. The summed E-state index contributed by atoms with van der Waals surface area (Å²) in [6, 6.07) is 1.02. The number of nitrogen functional groups attached to an aromatic ring is 1. The van der Waals surface area contributed by atoms with Crippen LogP contribution in [0, 0.1) is 0 Å². The second-order valence-corrected chi connectivity index (χ2v) is 5.55. The fourth-order valence-electron chi connectivity index (χ4n) is 3.00. The molecule has 0 aromatic carbocycles. The second-order valence-electron chi connectivity index (χ2n) is 4.77. The van der Waals surface area contributed by atoms with E-state index in [9.17, 15) is 5.11 Å². The summed E-state index contributed by atoms with van der Waals surface area (Å²) < 4.78 is 3.86. The topological polar surface area (TPSA) is 75.3 Å². The molecule has 2 atom stereocenters. The lowest BCUT2D eigenvalue weighted by molar-refractivity contribution is 0.0305. The van der Waals surface area contributed by atoms with Crippen LogP contribution in [-0.2, 0) is 6.54 Å². The Bertz CT molecular complexity index is 369. The third kappa shape index (κ3) is 1.70. The van der Waals surface area contributed by atoms with Crippen LogP contribution in [-0.4, -0.2) is 37.8 Å². The van der Waals surface area contributed by atoms with E-state index in [1.165, 1.54) is 24.4 Å². The molecule has 2 saturated heterocycles. The molecule has 0 spiro atoms. The number of hydrogen-bond acceptors (Lipinski definition) is 6. The molecule has 0 radical (unpaired) electrons. The number of aliphatic hydroxyl groups excluding tert-OH is 1. The monoisotopic (exact) mass is 240 g/mol. The van der Waals surface area contributed by atoms with Crippen LogP contribution < -0.4 is 5.73 Å². The Hall–Kier alpha value is -0.720. The van der Waals surface area contributed by atoms with Gasteiger partial charge in [-0.3, -0.25) is 4.90 Å². The van der Waals surface area contributed by atoms with Gasteiger partial charge >= 0.3 is 0 Å². The molecule has 1 aromatic rings. The van der Waals surface area contributed by atoms with Crippen LogP contribution in [0.5, 0.6) is 0 Å². The van der Waals surface area contributed by atoms with Gasteiger partial charge in [-0.2, -0.15) is 0 Å². The van der Waals surface area contributed by atoms with Crippen molar-refractivity contribution in [3.8, 4) is 0 Å². The van der Waals surface area contributed by atoms with Gasteiger partial charge in [-0.15, -0.1) is 5.10 Å². The average Bonchev–Trinajstić information content (AvgIpc) is 2.73. The minimum atomic E-state index is -0.111. The van der Waals surface area contributed by atoms with Crippen molar-refractivity contribution in [2.75, 3.05) is 5.73 Å². The highest BCUT2D eigenvalue weighted by Crippen LogP contribution is 2.37. The number of piperidine rings is 1. The maximum atomic E-state index is 9.71. The standard InChI is InChI=1S/C10H16N4OS/c11-10-9(12-13-16-10)5-14-6-1-2-7(14)4-8(15)3-6/h6-8,15H,1-5,11H2. The van der Waals surface area contributed by atoms with Gasteiger partial charge in [0.05, 0.1) is 6.10 Å². The number of fused-ring (bicyclic) bond motifs is 2. The Kier molecular flexibility index (Phi) is 2.57. The first kappa shape index (κ1) is 10.4. The fourth-order valence-corrected chi connectivity index (χ4v) is 3.44. The zero-order valence-electron chi connectivity index (χ0n) is 9.04. The van der Waals surface area contributed by atoms with Gasteiger partial charge in [0.1, 0.15) is 10.7 Å². The van der Waals surface area contributed by atoms with E-state index in [1.807, 2.05) is 0 Å². The smallest absolute Gasteiger partial charge is 0.132 e. The van der Waals surface area contributed by atoms with Crippen LogP contribution in [0.4, 0.5) is 5.00 Å². The molecule has 0 saturated carbocycles. The lowest BCUT2D eigenvalue weighted by atomic mass is 10.00. The van der Waals surface area contributed by atoms with Crippen molar-refractivity contribution in [2.24, 2.45) is 0 Å². The first-order valence-electron chi connectivity index (χ1n) is 5.74. The first-order valence-corrected chi connectivity index (χ1v) is 6.52. The van der Waals surface area contributed by atoms with E-state index in [-0.39, 0.29) is 6.10 Å². The van der Waals surface area contributed by atoms with Crippen molar-refractivity contribution in [1.29, 1.82) is 0 Å². The highest BCUT2D eigenvalue weighted by Gasteiger charge is 2.40. The van der Waals surface area contributed by atoms with Gasteiger partial charge in [-0.1, -0.05) is 4.49 Å². The van der Waals surface area contributed by atoms with E-state index in [4.69, 9.17) is 5.73 Å².